The van der Waals surface area contributed by atoms with Crippen molar-refractivity contribution in [2.45, 2.75) is 192 Å². The Kier molecular flexibility index (Phi) is 16.6. The molecule has 0 spiro atoms. The van der Waals surface area contributed by atoms with Crippen LogP contribution in [0.15, 0.2) is 0 Å². The van der Waals surface area contributed by atoms with Crippen LogP contribution in [0, 0.1) is 17.8 Å². The van der Waals surface area contributed by atoms with E-state index in [1.54, 1.807) is 27.9 Å². The van der Waals surface area contributed by atoms with Crippen molar-refractivity contribution >= 4 is 11.9 Å². The van der Waals surface area contributed by atoms with Crippen molar-refractivity contribution in [3.8, 4) is 0 Å². The van der Waals surface area contributed by atoms with Gasteiger partial charge in [0.05, 0.1) is 59.7 Å². The number of likely N-dealkylation sites (N-methyl/N-ethyl adjacent to an activating group) is 1. The van der Waals surface area contributed by atoms with Crippen LogP contribution >= 0.6 is 0 Å². The fourth-order valence-electron chi connectivity index (χ4n) is 8.99. The largest absolute Gasteiger partial charge is 0.459 e. The second kappa shape index (κ2) is 19.0. The number of carbonyl (C=O) groups excluding carboxylic acids is 2. The van der Waals surface area contributed by atoms with E-state index in [2.05, 4.69) is 0 Å². The molecule has 322 valence electrons. The molecule has 3 saturated heterocycles. The lowest BCUT2D eigenvalue weighted by Crippen LogP contribution is -2.62. The highest BCUT2D eigenvalue weighted by molar-refractivity contribution is 5.73. The zero-order chi connectivity index (χ0) is 42.0. The number of carbonyl (C=O) groups is 2. The number of nitrogens with two attached hydrogens (primary N) is 1. The molecule has 3 rings (SSSR count). The van der Waals surface area contributed by atoms with Crippen molar-refractivity contribution < 1.29 is 58.1 Å². The van der Waals surface area contributed by atoms with Crippen molar-refractivity contribution in [2.24, 2.45) is 23.5 Å². The predicted molar refractivity (Wildman–Crippen MR) is 206 cm³/mol. The Morgan fingerprint density at radius 1 is 1.02 bits per heavy atom. The van der Waals surface area contributed by atoms with Gasteiger partial charge in [-0.1, -0.05) is 20.8 Å². The molecule has 0 aromatic carbocycles. The van der Waals surface area contributed by atoms with E-state index in [9.17, 15) is 24.9 Å². The van der Waals surface area contributed by atoms with Crippen LogP contribution in [0.2, 0.25) is 0 Å². The quantitative estimate of drug-likeness (QED) is 0.262. The molecular formula is C40H75N3O12. The number of cyclic esters (lactones) is 1. The number of aliphatic hydroxyl groups is 3. The lowest BCUT2D eigenvalue weighted by Gasteiger charge is -2.49. The number of ether oxygens (including phenoxy) is 7. The summed E-state index contributed by atoms with van der Waals surface area (Å²) in [5, 5.41) is 36.0. The van der Waals surface area contributed by atoms with E-state index in [0.29, 0.717) is 13.0 Å². The summed E-state index contributed by atoms with van der Waals surface area (Å²) in [6.07, 6.45) is -6.72. The van der Waals surface area contributed by atoms with E-state index in [0.717, 1.165) is 0 Å². The van der Waals surface area contributed by atoms with Gasteiger partial charge in [0.25, 0.3) is 0 Å². The molecule has 5 N–H and O–H groups in total. The van der Waals surface area contributed by atoms with Crippen molar-refractivity contribution in [3.63, 3.8) is 0 Å². The fourth-order valence-corrected chi connectivity index (χ4v) is 8.99. The smallest absolute Gasteiger partial charge is 0.311 e. The normalized spacial score (nSPS) is 47.4. The molecule has 0 amide bonds. The lowest BCUT2D eigenvalue weighted by molar-refractivity contribution is -0.312. The van der Waals surface area contributed by atoms with Crippen molar-refractivity contribution in [2.75, 3.05) is 34.8 Å². The summed E-state index contributed by atoms with van der Waals surface area (Å²) in [4.78, 5) is 30.8. The van der Waals surface area contributed by atoms with Crippen LogP contribution in [0.1, 0.15) is 102 Å². The summed E-state index contributed by atoms with van der Waals surface area (Å²) < 4.78 is 44.2. The Morgan fingerprint density at radius 2 is 1.64 bits per heavy atom. The summed E-state index contributed by atoms with van der Waals surface area (Å²) in [5.41, 5.74) is 2.32. The maximum absolute atomic E-state index is 14.3. The van der Waals surface area contributed by atoms with Gasteiger partial charge in [0.1, 0.15) is 11.7 Å². The average molecular weight is 790 g/mol. The number of aliphatic hydroxyl groups excluding tert-OH is 1. The van der Waals surface area contributed by atoms with E-state index in [4.69, 9.17) is 38.9 Å². The van der Waals surface area contributed by atoms with Crippen molar-refractivity contribution in [1.82, 2.24) is 9.80 Å². The van der Waals surface area contributed by atoms with Gasteiger partial charge in [-0.3, -0.25) is 9.59 Å². The van der Waals surface area contributed by atoms with Gasteiger partial charge in [0.15, 0.2) is 18.7 Å². The van der Waals surface area contributed by atoms with Crippen LogP contribution in [-0.2, 0) is 42.7 Å². The highest BCUT2D eigenvalue weighted by Gasteiger charge is 2.53. The van der Waals surface area contributed by atoms with Gasteiger partial charge in [0, 0.05) is 39.0 Å². The molecule has 15 heteroatoms. The Hall–Kier alpha value is -1.50. The first-order valence-corrected chi connectivity index (χ1v) is 20.1. The molecule has 3 aliphatic rings. The Bertz CT molecular complexity index is 1260. The minimum atomic E-state index is -1.78. The maximum Gasteiger partial charge on any atom is 0.311 e. The molecule has 55 heavy (non-hydrogen) atoms. The zero-order valence-electron chi connectivity index (χ0n) is 36.2. The molecule has 0 aromatic rings. The molecule has 3 aliphatic heterocycles. The van der Waals surface area contributed by atoms with E-state index < -0.39 is 102 Å². The summed E-state index contributed by atoms with van der Waals surface area (Å²) in [6.45, 7) is 19.6. The predicted octanol–water partition coefficient (Wildman–Crippen LogP) is 2.44. The minimum absolute atomic E-state index is 0.187. The number of nitrogens with zero attached hydrogens (tertiary/aromatic N) is 2. The second-order valence-corrected chi connectivity index (χ2v) is 17.8. The number of rotatable bonds is 8. The fraction of sp³-hybridized carbons (Fsp3) is 0.950. The van der Waals surface area contributed by atoms with E-state index >= 15 is 0 Å². The first kappa shape index (κ1) is 47.9. The van der Waals surface area contributed by atoms with Crippen LogP contribution in [0.3, 0.4) is 0 Å². The highest BCUT2D eigenvalue weighted by atomic mass is 16.7. The average Bonchev–Trinajstić information content (AvgIpc) is 3.09. The second-order valence-electron chi connectivity index (χ2n) is 17.8. The van der Waals surface area contributed by atoms with Crippen LogP contribution < -0.4 is 5.73 Å². The molecule has 3 heterocycles. The Labute approximate surface area is 329 Å². The molecule has 15 nitrogen and oxygen atoms in total. The minimum Gasteiger partial charge on any atom is -0.459 e. The molecule has 0 bridgehead atoms. The molecule has 0 radical (unpaired) electrons. The van der Waals surface area contributed by atoms with Gasteiger partial charge in [-0.15, -0.1) is 0 Å². The number of methoxy groups -OCH3 is 1. The van der Waals surface area contributed by atoms with Crippen molar-refractivity contribution in [1.29, 1.82) is 0 Å². The van der Waals surface area contributed by atoms with Crippen molar-refractivity contribution in [3.05, 3.63) is 0 Å². The SMILES string of the molecule is CC[C@H]1OC(=O)[C@H](C)[C@@H](O[C@H]2C[C@@](C)(OC)C(N)[C@H](C)O2)[C@H](C)[C@@H](O[C@@H]2O[C@H](C)C[C@H](N(C)C)[C@H]2OC(C)=O)[C@](C)(O)C[C@@H](C)N(C)C[C@H](C)[C@@H](O)[C@]1(C)O. The summed E-state index contributed by atoms with van der Waals surface area (Å²) in [5.74, 6) is -3.38. The molecule has 0 aliphatic carbocycles. The zero-order valence-corrected chi connectivity index (χ0v) is 36.2. The number of esters is 2. The lowest BCUT2D eigenvalue weighted by atomic mass is 9.78. The number of hydrogen-bond donors (Lipinski definition) is 4. The van der Waals surface area contributed by atoms with Crippen LogP contribution in [0.5, 0.6) is 0 Å². The summed E-state index contributed by atoms with van der Waals surface area (Å²) >= 11 is 0. The topological polar surface area (TPSA) is 192 Å². The third-order valence-electron chi connectivity index (χ3n) is 12.7. The van der Waals surface area contributed by atoms with E-state index in [1.165, 1.54) is 13.8 Å². The molecule has 18 atom stereocenters. The van der Waals surface area contributed by atoms with Gasteiger partial charge in [0.2, 0.25) is 0 Å². The van der Waals surface area contributed by atoms with Gasteiger partial charge in [-0.05, 0) is 94.8 Å². The first-order chi connectivity index (χ1) is 25.3. The number of hydrogen-bond acceptors (Lipinski definition) is 15. The maximum atomic E-state index is 14.3. The molecular weight excluding hydrogens is 714 g/mol. The monoisotopic (exact) mass is 790 g/mol. The molecule has 1 unspecified atom stereocenters. The third kappa shape index (κ3) is 11.2. The van der Waals surface area contributed by atoms with E-state index in [-0.39, 0.29) is 37.5 Å². The first-order valence-electron chi connectivity index (χ1n) is 20.1. The summed E-state index contributed by atoms with van der Waals surface area (Å²) in [6, 6.07) is -0.980. The van der Waals surface area contributed by atoms with Gasteiger partial charge >= 0.3 is 11.9 Å². The summed E-state index contributed by atoms with van der Waals surface area (Å²) in [7, 11) is 7.28. The van der Waals surface area contributed by atoms with Gasteiger partial charge in [-0.2, -0.15) is 0 Å². The van der Waals surface area contributed by atoms with Gasteiger partial charge in [-0.25, -0.2) is 0 Å². The third-order valence-corrected chi connectivity index (χ3v) is 12.7. The Morgan fingerprint density at radius 3 is 2.18 bits per heavy atom. The van der Waals surface area contributed by atoms with Crippen LogP contribution in [0.25, 0.3) is 0 Å². The molecule has 0 saturated carbocycles. The molecule has 0 aromatic heterocycles. The van der Waals surface area contributed by atoms with Crippen LogP contribution in [-0.4, -0.2) is 162 Å². The van der Waals surface area contributed by atoms with Crippen LogP contribution in [0.4, 0.5) is 0 Å². The van der Waals surface area contributed by atoms with Gasteiger partial charge < -0.3 is 64.0 Å². The van der Waals surface area contributed by atoms with E-state index in [1.807, 2.05) is 72.5 Å². The Balaban J connectivity index is 2.23. The molecule has 3 fully saturated rings. The highest BCUT2D eigenvalue weighted by Crippen LogP contribution is 2.40. The standard InChI is InChI=1S/C40H75N3O12/c1-16-29-40(11,48)34(45)21(2)20-43(14)22(3)18-38(9,47)35(55-37-32(52-27(8)44)28(42(12)13)17-23(4)50-37)24(5)31(25(6)36(46)53-29)54-30-19-39(10,49-15)33(41)26(7)51-30/h21-26,28-35,37,45,47-48H,16-20,41H2,1-15H3/t21-,22+,23+,24-,25+,26-,28-,29+,30-,31-,32+,33?,34+,35+,37-,38+,39+,40+/m0/s1.